The first kappa shape index (κ1) is 13.7. The molecule has 0 atom stereocenters. The Morgan fingerprint density at radius 2 is 1.46 bits per heavy atom. The van der Waals surface area contributed by atoms with Crippen molar-refractivity contribution in [3.8, 4) is 0 Å². The summed E-state index contributed by atoms with van der Waals surface area (Å²) in [6, 6.07) is 0. The molecule has 0 fully saturated rings. The van der Waals surface area contributed by atoms with E-state index in [9.17, 15) is 0 Å². The molecule has 0 aromatic carbocycles. The molecule has 0 saturated heterocycles. The Kier molecular flexibility index (Phi) is 13.4. The van der Waals surface area contributed by atoms with Gasteiger partial charge in [0.2, 0.25) is 0 Å². The molecule has 0 N–H and O–H groups in total. The van der Waals surface area contributed by atoms with Crippen molar-refractivity contribution < 1.29 is 0 Å². The molecule has 13 heavy (non-hydrogen) atoms. The van der Waals surface area contributed by atoms with Crippen molar-refractivity contribution in [1.29, 1.82) is 0 Å². The minimum absolute atomic E-state index is 0.991. The zero-order valence-electron chi connectivity index (χ0n) is 8.02. The van der Waals surface area contributed by atoms with Crippen LogP contribution in [0.15, 0.2) is 24.3 Å². The molecule has 0 amide bonds. The van der Waals surface area contributed by atoms with Crippen LogP contribution in [0.25, 0.3) is 0 Å². The molecule has 0 bridgehead atoms. The van der Waals surface area contributed by atoms with Crippen molar-refractivity contribution >= 4 is 38.5 Å². The topological polar surface area (TPSA) is 0 Å². The highest BCUT2D eigenvalue weighted by molar-refractivity contribution is 14.1. The minimum Gasteiger partial charge on any atom is -0.0883 e. The molecule has 0 aromatic rings. The molecular formula is C11H18BrI. The SMILES string of the molecule is BrC/C=C/CCCCC/C=C/CI. The molecule has 0 aliphatic carbocycles. The highest BCUT2D eigenvalue weighted by atomic mass is 127. The van der Waals surface area contributed by atoms with Crippen molar-refractivity contribution in [3.05, 3.63) is 24.3 Å². The molecule has 0 rings (SSSR count). The Bertz CT molecular complexity index is 125. The summed E-state index contributed by atoms with van der Waals surface area (Å²) in [6.07, 6.45) is 15.5. The molecule has 0 spiro atoms. The highest BCUT2D eigenvalue weighted by Crippen LogP contribution is 2.04. The maximum atomic E-state index is 3.36. The van der Waals surface area contributed by atoms with E-state index in [2.05, 4.69) is 62.8 Å². The fourth-order valence-corrected chi connectivity index (χ4v) is 1.69. The molecule has 0 aromatic heterocycles. The summed E-state index contributed by atoms with van der Waals surface area (Å²) in [6.45, 7) is 0. The molecule has 0 heterocycles. The van der Waals surface area contributed by atoms with Crippen LogP contribution in [0.3, 0.4) is 0 Å². The molecule has 0 nitrogen and oxygen atoms in total. The van der Waals surface area contributed by atoms with Gasteiger partial charge in [0, 0.05) is 9.76 Å². The van der Waals surface area contributed by atoms with Gasteiger partial charge in [-0.3, -0.25) is 0 Å². The van der Waals surface area contributed by atoms with E-state index in [1.54, 1.807) is 0 Å². The van der Waals surface area contributed by atoms with Gasteiger partial charge in [-0.1, -0.05) is 69.2 Å². The maximum absolute atomic E-state index is 3.36. The van der Waals surface area contributed by atoms with Gasteiger partial charge in [0.05, 0.1) is 0 Å². The summed E-state index contributed by atoms with van der Waals surface area (Å²) in [4.78, 5) is 0. The van der Waals surface area contributed by atoms with Gasteiger partial charge in [-0.15, -0.1) is 0 Å². The van der Waals surface area contributed by atoms with Gasteiger partial charge in [0.15, 0.2) is 0 Å². The van der Waals surface area contributed by atoms with Gasteiger partial charge in [0.1, 0.15) is 0 Å². The Morgan fingerprint density at radius 1 is 0.846 bits per heavy atom. The van der Waals surface area contributed by atoms with E-state index >= 15 is 0 Å². The fraction of sp³-hybridized carbons (Fsp3) is 0.636. The van der Waals surface area contributed by atoms with E-state index in [0.29, 0.717) is 0 Å². The lowest BCUT2D eigenvalue weighted by Gasteiger charge is -1.94. The zero-order valence-corrected chi connectivity index (χ0v) is 11.8. The Labute approximate surface area is 104 Å². The molecule has 0 aliphatic heterocycles. The predicted octanol–water partition coefficient (Wildman–Crippen LogP) is 4.88. The molecule has 0 unspecified atom stereocenters. The lowest BCUT2D eigenvalue weighted by Crippen LogP contribution is -1.75. The second-order valence-electron chi connectivity index (χ2n) is 2.89. The van der Waals surface area contributed by atoms with Crippen LogP contribution >= 0.6 is 38.5 Å². The van der Waals surface area contributed by atoms with Gasteiger partial charge in [-0.05, 0) is 25.7 Å². The summed E-state index contributed by atoms with van der Waals surface area (Å²) >= 11 is 5.73. The normalized spacial score (nSPS) is 11.8. The number of halogens is 2. The quantitative estimate of drug-likeness (QED) is 0.251. The second kappa shape index (κ2) is 12.7. The smallest absolute Gasteiger partial charge is 0.0212 e. The Balaban J connectivity index is 2.99. The lowest BCUT2D eigenvalue weighted by atomic mass is 10.1. The standard InChI is InChI=1S/C11H18BrI/c12-10-8-6-4-2-1-3-5-7-9-11-13/h6-9H,1-5,10-11H2/b8-6+,9-7+. The average molecular weight is 357 g/mol. The lowest BCUT2D eigenvalue weighted by molar-refractivity contribution is 0.696. The molecular weight excluding hydrogens is 339 g/mol. The van der Waals surface area contributed by atoms with Crippen LogP contribution in [0.2, 0.25) is 0 Å². The summed E-state index contributed by atoms with van der Waals surface area (Å²) in [5.74, 6) is 0. The third-order valence-corrected chi connectivity index (χ3v) is 2.64. The van der Waals surface area contributed by atoms with Crippen molar-refractivity contribution in [1.82, 2.24) is 0 Å². The first-order valence-electron chi connectivity index (χ1n) is 4.83. The van der Waals surface area contributed by atoms with Crippen LogP contribution in [-0.4, -0.2) is 9.76 Å². The van der Waals surface area contributed by atoms with Gasteiger partial charge < -0.3 is 0 Å². The Morgan fingerprint density at radius 3 is 2.00 bits per heavy atom. The maximum Gasteiger partial charge on any atom is 0.0212 e. The average Bonchev–Trinajstić information content (AvgIpc) is 2.16. The van der Waals surface area contributed by atoms with Crippen molar-refractivity contribution in [2.24, 2.45) is 0 Å². The van der Waals surface area contributed by atoms with E-state index in [1.165, 1.54) is 32.1 Å². The van der Waals surface area contributed by atoms with E-state index in [1.807, 2.05) is 0 Å². The number of hydrogen-bond donors (Lipinski definition) is 0. The fourth-order valence-electron chi connectivity index (χ4n) is 1.06. The number of rotatable bonds is 8. The van der Waals surface area contributed by atoms with Gasteiger partial charge in [0.25, 0.3) is 0 Å². The third-order valence-electron chi connectivity index (χ3n) is 1.75. The highest BCUT2D eigenvalue weighted by Gasteiger charge is 1.85. The van der Waals surface area contributed by atoms with E-state index < -0.39 is 0 Å². The molecule has 0 aliphatic rings. The summed E-state index contributed by atoms with van der Waals surface area (Å²) in [5.41, 5.74) is 0. The first-order chi connectivity index (χ1) is 6.41. The van der Waals surface area contributed by atoms with Crippen LogP contribution in [0, 0.1) is 0 Å². The van der Waals surface area contributed by atoms with Crippen LogP contribution in [-0.2, 0) is 0 Å². The monoisotopic (exact) mass is 356 g/mol. The van der Waals surface area contributed by atoms with Crippen LogP contribution < -0.4 is 0 Å². The van der Waals surface area contributed by atoms with Crippen molar-refractivity contribution in [2.45, 2.75) is 32.1 Å². The van der Waals surface area contributed by atoms with Crippen LogP contribution in [0.5, 0.6) is 0 Å². The molecule has 0 saturated carbocycles. The van der Waals surface area contributed by atoms with Gasteiger partial charge in [-0.2, -0.15) is 0 Å². The first-order valence-corrected chi connectivity index (χ1v) is 7.48. The minimum atomic E-state index is 0.991. The van der Waals surface area contributed by atoms with E-state index in [4.69, 9.17) is 0 Å². The third kappa shape index (κ3) is 12.7. The second-order valence-corrected chi connectivity index (χ2v) is 4.42. The zero-order chi connectivity index (χ0) is 9.78. The van der Waals surface area contributed by atoms with Crippen molar-refractivity contribution in [2.75, 3.05) is 9.76 Å². The summed E-state index contributed by atoms with van der Waals surface area (Å²) in [7, 11) is 0. The van der Waals surface area contributed by atoms with Gasteiger partial charge >= 0.3 is 0 Å². The molecule has 76 valence electrons. The number of alkyl halides is 2. The molecule has 0 radical (unpaired) electrons. The van der Waals surface area contributed by atoms with Gasteiger partial charge in [-0.25, -0.2) is 0 Å². The predicted molar refractivity (Wildman–Crippen MR) is 74.0 cm³/mol. The Hall–Kier alpha value is 0.690. The summed E-state index contributed by atoms with van der Waals surface area (Å²) in [5, 5.41) is 0.991. The van der Waals surface area contributed by atoms with Crippen LogP contribution in [0.1, 0.15) is 32.1 Å². The largest absolute Gasteiger partial charge is 0.0883 e. The number of hydrogen-bond acceptors (Lipinski definition) is 0. The molecule has 2 heteroatoms. The summed E-state index contributed by atoms with van der Waals surface area (Å²) < 4.78 is 1.14. The number of allylic oxidation sites excluding steroid dienone is 4. The number of unbranched alkanes of at least 4 members (excludes halogenated alkanes) is 4. The van der Waals surface area contributed by atoms with E-state index in [-0.39, 0.29) is 0 Å². The van der Waals surface area contributed by atoms with Crippen molar-refractivity contribution in [3.63, 3.8) is 0 Å². The van der Waals surface area contributed by atoms with Crippen LogP contribution in [0.4, 0.5) is 0 Å². The van der Waals surface area contributed by atoms with E-state index in [0.717, 1.165) is 9.76 Å².